The van der Waals surface area contributed by atoms with Gasteiger partial charge in [-0.15, -0.1) is 11.8 Å². The maximum atomic E-state index is 12.7. The number of para-hydroxylation sites is 1. The third kappa shape index (κ3) is 4.74. The molecule has 4 rings (SSSR count). The molecule has 0 aliphatic carbocycles. The van der Waals surface area contributed by atoms with Gasteiger partial charge in [0.2, 0.25) is 11.8 Å². The highest BCUT2D eigenvalue weighted by Crippen LogP contribution is 2.35. The molecule has 0 atom stereocenters. The van der Waals surface area contributed by atoms with Crippen LogP contribution in [-0.4, -0.2) is 62.2 Å². The van der Waals surface area contributed by atoms with Crippen molar-refractivity contribution in [2.45, 2.75) is 11.3 Å². The van der Waals surface area contributed by atoms with E-state index < -0.39 is 0 Å². The molecule has 2 aromatic rings. The maximum Gasteiger partial charge on any atom is 0.237 e. The van der Waals surface area contributed by atoms with Crippen LogP contribution >= 0.6 is 23.4 Å². The third-order valence-corrected chi connectivity index (χ3v) is 6.73. The van der Waals surface area contributed by atoms with E-state index in [-0.39, 0.29) is 18.2 Å². The second kappa shape index (κ2) is 9.29. The van der Waals surface area contributed by atoms with Crippen molar-refractivity contribution >= 4 is 52.2 Å². The number of amides is 2. The van der Waals surface area contributed by atoms with Gasteiger partial charge in [0.05, 0.1) is 22.8 Å². The number of piperazine rings is 1. The van der Waals surface area contributed by atoms with E-state index >= 15 is 0 Å². The number of halogens is 1. The van der Waals surface area contributed by atoms with Crippen LogP contribution < -0.4 is 15.1 Å². The summed E-state index contributed by atoms with van der Waals surface area (Å²) in [6.45, 7) is 4.11. The Morgan fingerprint density at radius 2 is 1.87 bits per heavy atom. The smallest absolute Gasteiger partial charge is 0.237 e. The SMILES string of the molecule is CN1CCN(c2ccc(Cl)cc2NC(=O)CCN2C(=O)CSc3ccccc32)CC1. The van der Waals surface area contributed by atoms with Crippen LogP contribution in [0, 0.1) is 0 Å². The van der Waals surface area contributed by atoms with Gasteiger partial charge in [-0.3, -0.25) is 9.59 Å². The van der Waals surface area contributed by atoms with Crippen molar-refractivity contribution in [2.24, 2.45) is 0 Å². The molecule has 2 aliphatic heterocycles. The lowest BCUT2D eigenvalue weighted by atomic mass is 10.2. The molecule has 2 amide bonds. The van der Waals surface area contributed by atoms with Crippen LogP contribution in [0.25, 0.3) is 0 Å². The molecule has 2 aliphatic rings. The Bertz CT molecular complexity index is 946. The number of nitrogens with one attached hydrogen (secondary N) is 1. The average molecular weight is 445 g/mol. The lowest BCUT2D eigenvalue weighted by Crippen LogP contribution is -2.44. The minimum Gasteiger partial charge on any atom is -0.367 e. The van der Waals surface area contributed by atoms with Crippen molar-refractivity contribution in [3.8, 4) is 0 Å². The number of carbonyl (C=O) groups excluding carboxylic acids is 2. The number of benzene rings is 2. The van der Waals surface area contributed by atoms with Crippen molar-refractivity contribution in [3.63, 3.8) is 0 Å². The first kappa shape index (κ1) is 21.0. The summed E-state index contributed by atoms with van der Waals surface area (Å²) in [6, 6.07) is 13.4. The van der Waals surface area contributed by atoms with Crippen molar-refractivity contribution in [1.29, 1.82) is 0 Å². The highest BCUT2D eigenvalue weighted by Gasteiger charge is 2.25. The molecule has 6 nitrogen and oxygen atoms in total. The second-order valence-corrected chi connectivity index (χ2v) is 9.01. The molecule has 0 bridgehead atoms. The second-order valence-electron chi connectivity index (χ2n) is 7.55. The number of carbonyl (C=O) groups is 2. The monoisotopic (exact) mass is 444 g/mol. The van der Waals surface area contributed by atoms with Gasteiger partial charge in [-0.05, 0) is 37.4 Å². The van der Waals surface area contributed by atoms with E-state index in [1.54, 1.807) is 22.7 Å². The minimum atomic E-state index is -0.129. The van der Waals surface area contributed by atoms with Crippen LogP contribution in [0.1, 0.15) is 6.42 Å². The topological polar surface area (TPSA) is 55.9 Å². The average Bonchev–Trinajstić information content (AvgIpc) is 2.74. The van der Waals surface area contributed by atoms with Gasteiger partial charge in [0, 0.05) is 49.1 Å². The molecule has 0 saturated carbocycles. The molecule has 0 aromatic heterocycles. The zero-order chi connectivity index (χ0) is 21.1. The lowest BCUT2D eigenvalue weighted by molar-refractivity contribution is -0.117. The molecule has 158 valence electrons. The molecule has 1 saturated heterocycles. The zero-order valence-electron chi connectivity index (χ0n) is 16.9. The molecule has 0 radical (unpaired) electrons. The maximum absolute atomic E-state index is 12.7. The van der Waals surface area contributed by atoms with Crippen LogP contribution in [-0.2, 0) is 9.59 Å². The largest absolute Gasteiger partial charge is 0.367 e. The fourth-order valence-electron chi connectivity index (χ4n) is 3.76. The molecule has 0 spiro atoms. The Morgan fingerprint density at radius 3 is 2.67 bits per heavy atom. The van der Waals surface area contributed by atoms with Crippen LogP contribution in [0.4, 0.5) is 17.1 Å². The first-order chi connectivity index (χ1) is 14.5. The van der Waals surface area contributed by atoms with Crippen LogP contribution in [0.5, 0.6) is 0 Å². The lowest BCUT2D eigenvalue weighted by Gasteiger charge is -2.35. The highest BCUT2D eigenvalue weighted by atomic mass is 35.5. The fraction of sp³-hybridized carbons (Fsp3) is 0.364. The van der Waals surface area contributed by atoms with Crippen molar-refractivity contribution in [1.82, 2.24) is 4.90 Å². The number of thioether (sulfide) groups is 1. The van der Waals surface area contributed by atoms with Gasteiger partial charge in [-0.25, -0.2) is 0 Å². The summed E-state index contributed by atoms with van der Waals surface area (Å²) in [4.78, 5) is 32.5. The van der Waals surface area contributed by atoms with E-state index in [2.05, 4.69) is 22.2 Å². The van der Waals surface area contributed by atoms with E-state index in [0.717, 1.165) is 48.1 Å². The number of likely N-dealkylation sites (N-methyl/N-ethyl adjacent to an activating group) is 1. The Kier molecular flexibility index (Phi) is 6.51. The predicted molar refractivity (Wildman–Crippen MR) is 124 cm³/mol. The Morgan fingerprint density at radius 1 is 1.10 bits per heavy atom. The molecule has 1 N–H and O–H groups in total. The number of anilines is 3. The number of hydrogen-bond acceptors (Lipinski definition) is 5. The van der Waals surface area contributed by atoms with Crippen LogP contribution in [0.3, 0.4) is 0 Å². The normalized spacial score (nSPS) is 17.1. The molecule has 2 heterocycles. The van der Waals surface area contributed by atoms with Gasteiger partial charge in [0.15, 0.2) is 0 Å². The van der Waals surface area contributed by atoms with E-state index in [1.165, 1.54) is 0 Å². The molecule has 0 unspecified atom stereocenters. The first-order valence-electron chi connectivity index (χ1n) is 10.1. The number of hydrogen-bond donors (Lipinski definition) is 1. The van der Waals surface area contributed by atoms with Gasteiger partial charge in [0.1, 0.15) is 0 Å². The number of fused-ring (bicyclic) bond motifs is 1. The van der Waals surface area contributed by atoms with E-state index in [9.17, 15) is 9.59 Å². The van der Waals surface area contributed by atoms with Crippen molar-refractivity contribution in [3.05, 3.63) is 47.5 Å². The van der Waals surface area contributed by atoms with Gasteiger partial charge in [0.25, 0.3) is 0 Å². The molecular formula is C22H25ClN4O2S. The minimum absolute atomic E-state index is 0.0346. The molecular weight excluding hydrogens is 420 g/mol. The summed E-state index contributed by atoms with van der Waals surface area (Å²) >= 11 is 7.74. The summed E-state index contributed by atoms with van der Waals surface area (Å²) in [5, 5.41) is 3.60. The standard InChI is InChI=1S/C22H25ClN4O2S/c1-25-10-12-26(13-11-25)18-7-6-16(23)14-17(18)24-21(28)8-9-27-19-4-2-3-5-20(19)30-15-22(27)29/h2-7,14H,8-13,15H2,1H3,(H,24,28). The van der Waals surface area contributed by atoms with Crippen molar-refractivity contribution in [2.75, 3.05) is 60.6 Å². The number of rotatable bonds is 5. The number of nitrogens with zero attached hydrogens (tertiary/aromatic N) is 3. The summed E-state index contributed by atoms with van der Waals surface area (Å²) < 4.78 is 0. The molecule has 1 fully saturated rings. The zero-order valence-corrected chi connectivity index (χ0v) is 18.5. The summed E-state index contributed by atoms with van der Waals surface area (Å²) in [7, 11) is 2.11. The van der Waals surface area contributed by atoms with E-state index in [1.807, 2.05) is 36.4 Å². The van der Waals surface area contributed by atoms with E-state index in [0.29, 0.717) is 17.3 Å². The summed E-state index contributed by atoms with van der Waals surface area (Å²) in [5.41, 5.74) is 2.59. The first-order valence-corrected chi connectivity index (χ1v) is 11.4. The van der Waals surface area contributed by atoms with Crippen molar-refractivity contribution < 1.29 is 9.59 Å². The summed E-state index contributed by atoms with van der Waals surface area (Å²) in [6.07, 6.45) is 0.222. The Hall–Kier alpha value is -2.22. The van der Waals surface area contributed by atoms with E-state index in [4.69, 9.17) is 11.6 Å². The summed E-state index contributed by atoms with van der Waals surface area (Å²) in [5.74, 6) is 0.309. The van der Waals surface area contributed by atoms with Gasteiger partial charge in [-0.2, -0.15) is 0 Å². The predicted octanol–water partition coefficient (Wildman–Crippen LogP) is 3.56. The fourth-order valence-corrected chi connectivity index (χ4v) is 4.86. The van der Waals surface area contributed by atoms with Gasteiger partial charge >= 0.3 is 0 Å². The highest BCUT2D eigenvalue weighted by molar-refractivity contribution is 8.00. The van der Waals surface area contributed by atoms with Crippen LogP contribution in [0.2, 0.25) is 5.02 Å². The Labute approximate surface area is 186 Å². The quantitative estimate of drug-likeness (QED) is 0.764. The van der Waals surface area contributed by atoms with Crippen LogP contribution in [0.15, 0.2) is 47.4 Å². The Balaban J connectivity index is 1.43. The van der Waals surface area contributed by atoms with Gasteiger partial charge in [-0.1, -0.05) is 23.7 Å². The molecule has 30 heavy (non-hydrogen) atoms. The third-order valence-electron chi connectivity index (χ3n) is 5.45. The molecule has 2 aromatic carbocycles. The van der Waals surface area contributed by atoms with Gasteiger partial charge < -0.3 is 20.0 Å². The molecule has 8 heteroatoms.